The molecule has 2 nitrogen and oxygen atoms in total. The molecule has 17 heavy (non-hydrogen) atoms. The molecule has 0 amide bonds. The Bertz CT molecular complexity index is 366. The molecule has 4 heteroatoms. The molecule has 0 aromatic heterocycles. The molecule has 1 aromatic rings. The van der Waals surface area contributed by atoms with Crippen molar-refractivity contribution in [1.82, 2.24) is 0 Å². The maximum absolute atomic E-state index is 13.1. The Morgan fingerprint density at radius 1 is 1.24 bits per heavy atom. The van der Waals surface area contributed by atoms with E-state index in [1.54, 1.807) is 0 Å². The number of benzene rings is 1. The van der Waals surface area contributed by atoms with Crippen LogP contribution in [-0.4, -0.2) is 5.11 Å². The summed E-state index contributed by atoms with van der Waals surface area (Å²) in [5, 5.41) is 9.69. The minimum absolute atomic E-state index is 0. The predicted molar refractivity (Wildman–Crippen MR) is 68.8 cm³/mol. The molecule has 0 aliphatic heterocycles. The van der Waals surface area contributed by atoms with Crippen LogP contribution >= 0.6 is 12.4 Å². The maximum atomic E-state index is 13.1. The van der Waals surface area contributed by atoms with Gasteiger partial charge in [0.05, 0.1) is 0 Å². The van der Waals surface area contributed by atoms with Crippen LogP contribution < -0.4 is 5.73 Å². The van der Waals surface area contributed by atoms with Crippen LogP contribution in [0.1, 0.15) is 43.7 Å². The molecule has 1 aliphatic carbocycles. The molecule has 0 radical (unpaired) electrons. The number of rotatable bonds is 2. The van der Waals surface area contributed by atoms with Crippen LogP contribution in [0, 0.1) is 11.7 Å². The first kappa shape index (κ1) is 14.3. The molecular formula is C13H19ClFNO. The van der Waals surface area contributed by atoms with Gasteiger partial charge in [-0.3, -0.25) is 0 Å². The third-order valence-electron chi connectivity index (χ3n) is 3.51. The molecule has 3 N–H and O–H groups in total. The van der Waals surface area contributed by atoms with Crippen LogP contribution in [0.15, 0.2) is 18.2 Å². The number of aromatic hydroxyl groups is 1. The zero-order valence-corrected chi connectivity index (χ0v) is 10.5. The van der Waals surface area contributed by atoms with Crippen molar-refractivity contribution >= 4 is 12.4 Å². The summed E-state index contributed by atoms with van der Waals surface area (Å²) in [6, 6.07) is 3.75. The Balaban J connectivity index is 0.00000144. The van der Waals surface area contributed by atoms with Crippen molar-refractivity contribution in [3.8, 4) is 5.75 Å². The molecule has 0 saturated heterocycles. The maximum Gasteiger partial charge on any atom is 0.123 e. The first-order valence-corrected chi connectivity index (χ1v) is 5.92. The van der Waals surface area contributed by atoms with Crippen molar-refractivity contribution in [2.75, 3.05) is 0 Å². The van der Waals surface area contributed by atoms with Crippen LogP contribution in [-0.2, 0) is 0 Å². The Kier molecular flexibility index (Phi) is 5.22. The van der Waals surface area contributed by atoms with Gasteiger partial charge in [0, 0.05) is 11.6 Å². The fourth-order valence-corrected chi connectivity index (χ4v) is 2.54. The lowest BCUT2D eigenvalue weighted by Crippen LogP contribution is -2.23. The summed E-state index contributed by atoms with van der Waals surface area (Å²) in [7, 11) is 0. The van der Waals surface area contributed by atoms with Gasteiger partial charge in [0.2, 0.25) is 0 Å². The van der Waals surface area contributed by atoms with Crippen LogP contribution in [0.3, 0.4) is 0 Å². The highest BCUT2D eigenvalue weighted by atomic mass is 35.5. The van der Waals surface area contributed by atoms with Gasteiger partial charge < -0.3 is 10.8 Å². The molecule has 2 rings (SSSR count). The number of halogens is 2. The molecule has 0 bridgehead atoms. The van der Waals surface area contributed by atoms with Gasteiger partial charge in [-0.2, -0.15) is 0 Å². The molecule has 1 aliphatic rings. The minimum atomic E-state index is -0.334. The second-order valence-corrected chi connectivity index (χ2v) is 4.63. The Morgan fingerprint density at radius 2 is 1.88 bits per heavy atom. The molecule has 1 saturated carbocycles. The largest absolute Gasteiger partial charge is 0.508 e. The zero-order valence-electron chi connectivity index (χ0n) is 9.73. The van der Waals surface area contributed by atoms with E-state index < -0.39 is 0 Å². The van der Waals surface area contributed by atoms with Gasteiger partial charge in [-0.1, -0.05) is 19.3 Å². The summed E-state index contributed by atoms with van der Waals surface area (Å²) in [6.45, 7) is 0. The van der Waals surface area contributed by atoms with Gasteiger partial charge in [-0.25, -0.2) is 4.39 Å². The summed E-state index contributed by atoms with van der Waals surface area (Å²) in [5.74, 6) is 0.153. The van der Waals surface area contributed by atoms with E-state index >= 15 is 0 Å². The molecular weight excluding hydrogens is 241 g/mol. The lowest BCUT2D eigenvalue weighted by atomic mass is 9.81. The van der Waals surface area contributed by atoms with Gasteiger partial charge in [0.15, 0.2) is 0 Å². The van der Waals surface area contributed by atoms with Crippen LogP contribution in [0.2, 0.25) is 0 Å². The van der Waals surface area contributed by atoms with Gasteiger partial charge in [-0.05, 0) is 37.0 Å². The third kappa shape index (κ3) is 3.33. The summed E-state index contributed by atoms with van der Waals surface area (Å²) in [6.07, 6.45) is 5.80. The van der Waals surface area contributed by atoms with Crippen molar-refractivity contribution in [3.63, 3.8) is 0 Å². The van der Waals surface area contributed by atoms with Crippen molar-refractivity contribution in [2.24, 2.45) is 11.7 Å². The van der Waals surface area contributed by atoms with Gasteiger partial charge in [0.1, 0.15) is 11.6 Å². The minimum Gasteiger partial charge on any atom is -0.508 e. The Hall–Kier alpha value is -0.800. The van der Waals surface area contributed by atoms with E-state index in [-0.39, 0.29) is 30.0 Å². The molecule has 0 heterocycles. The first-order valence-electron chi connectivity index (χ1n) is 5.92. The highest BCUT2D eigenvalue weighted by Crippen LogP contribution is 2.36. The van der Waals surface area contributed by atoms with Crippen LogP contribution in [0.4, 0.5) is 4.39 Å². The molecule has 0 spiro atoms. The SMILES string of the molecule is Cl.N[C@@H](c1cc(F)ccc1O)C1CCCCC1. The van der Waals surface area contributed by atoms with Crippen molar-refractivity contribution < 1.29 is 9.50 Å². The summed E-state index contributed by atoms with van der Waals surface area (Å²) < 4.78 is 13.1. The zero-order chi connectivity index (χ0) is 11.5. The fraction of sp³-hybridized carbons (Fsp3) is 0.538. The normalized spacial score (nSPS) is 18.5. The summed E-state index contributed by atoms with van der Waals surface area (Å²) >= 11 is 0. The predicted octanol–water partition coefficient (Wildman–Crippen LogP) is 3.53. The number of nitrogens with two attached hydrogens (primary N) is 1. The summed E-state index contributed by atoms with van der Waals surface area (Å²) in [5.41, 5.74) is 6.66. The lowest BCUT2D eigenvalue weighted by Gasteiger charge is -2.28. The van der Waals surface area contributed by atoms with Gasteiger partial charge in [-0.15, -0.1) is 12.4 Å². The van der Waals surface area contributed by atoms with E-state index in [2.05, 4.69) is 0 Å². The molecule has 0 unspecified atom stereocenters. The average molecular weight is 260 g/mol. The lowest BCUT2D eigenvalue weighted by molar-refractivity contribution is 0.302. The van der Waals surface area contributed by atoms with E-state index in [0.29, 0.717) is 11.5 Å². The number of phenols is 1. The van der Waals surface area contributed by atoms with Crippen molar-refractivity contribution in [2.45, 2.75) is 38.1 Å². The molecule has 1 fully saturated rings. The first-order chi connectivity index (χ1) is 7.68. The van der Waals surface area contributed by atoms with Gasteiger partial charge >= 0.3 is 0 Å². The van der Waals surface area contributed by atoms with Crippen molar-refractivity contribution in [1.29, 1.82) is 0 Å². The highest BCUT2D eigenvalue weighted by Gasteiger charge is 2.24. The monoisotopic (exact) mass is 259 g/mol. The number of hydrogen-bond donors (Lipinski definition) is 2. The quantitative estimate of drug-likeness (QED) is 0.853. The average Bonchev–Trinajstić information content (AvgIpc) is 2.32. The van der Waals surface area contributed by atoms with E-state index in [1.807, 2.05) is 0 Å². The van der Waals surface area contributed by atoms with E-state index in [0.717, 1.165) is 12.8 Å². The molecule has 1 atom stereocenters. The highest BCUT2D eigenvalue weighted by molar-refractivity contribution is 5.85. The summed E-state index contributed by atoms with van der Waals surface area (Å²) in [4.78, 5) is 0. The number of phenolic OH excluding ortho intramolecular Hbond substituents is 1. The smallest absolute Gasteiger partial charge is 0.123 e. The molecule has 1 aromatic carbocycles. The fourth-order valence-electron chi connectivity index (χ4n) is 2.54. The van der Waals surface area contributed by atoms with Crippen LogP contribution in [0.5, 0.6) is 5.75 Å². The number of hydrogen-bond acceptors (Lipinski definition) is 2. The van der Waals surface area contributed by atoms with E-state index in [1.165, 1.54) is 37.5 Å². The Morgan fingerprint density at radius 3 is 2.53 bits per heavy atom. The molecule has 96 valence electrons. The second-order valence-electron chi connectivity index (χ2n) is 4.63. The van der Waals surface area contributed by atoms with E-state index in [9.17, 15) is 9.50 Å². The van der Waals surface area contributed by atoms with Gasteiger partial charge in [0.25, 0.3) is 0 Å². The topological polar surface area (TPSA) is 46.2 Å². The van der Waals surface area contributed by atoms with E-state index in [4.69, 9.17) is 5.73 Å². The Labute approximate surface area is 107 Å². The van der Waals surface area contributed by atoms with Crippen LogP contribution in [0.25, 0.3) is 0 Å². The van der Waals surface area contributed by atoms with Crippen molar-refractivity contribution in [3.05, 3.63) is 29.6 Å². The third-order valence-corrected chi connectivity index (χ3v) is 3.51. The standard InChI is InChI=1S/C13H18FNO.ClH/c14-10-6-7-12(16)11(8-10)13(15)9-4-2-1-3-5-9;/h6-9,13,16H,1-5,15H2;1H/t13-;/m1./s1. The second kappa shape index (κ2) is 6.22.